The topological polar surface area (TPSA) is 59.0 Å². The van der Waals surface area contributed by atoms with E-state index in [1.807, 2.05) is 53.4 Å². The van der Waals surface area contributed by atoms with Crippen molar-refractivity contribution in [2.75, 3.05) is 7.11 Å². The third-order valence-electron chi connectivity index (χ3n) is 7.62. The van der Waals surface area contributed by atoms with Crippen molar-refractivity contribution in [3.05, 3.63) is 83.9 Å². The summed E-state index contributed by atoms with van der Waals surface area (Å²) in [7, 11) is 1.40. The predicted octanol–water partition coefficient (Wildman–Crippen LogP) is 7.05. The highest BCUT2D eigenvalue weighted by Gasteiger charge is 2.49. The summed E-state index contributed by atoms with van der Waals surface area (Å²) in [5, 5.41) is 0. The number of benzene rings is 3. The van der Waals surface area contributed by atoms with Crippen molar-refractivity contribution in [2.45, 2.75) is 64.0 Å². The van der Waals surface area contributed by atoms with Gasteiger partial charge in [-0.05, 0) is 59.2 Å². The van der Waals surface area contributed by atoms with Crippen LogP contribution in [0.25, 0.3) is 22.3 Å². The molecule has 0 unspecified atom stereocenters. The molecule has 0 aromatic heterocycles. The van der Waals surface area contributed by atoms with Crippen molar-refractivity contribution in [1.82, 2.24) is 4.90 Å². The number of methoxy groups -OCH3 is 1. The minimum absolute atomic E-state index is 0.170. The average Bonchev–Trinajstić information content (AvgIpc) is 3.52. The number of carbonyl (C=O) groups is 2. The van der Waals surface area contributed by atoms with E-state index in [-0.39, 0.29) is 11.9 Å². The maximum absolute atomic E-state index is 13.5. The van der Waals surface area contributed by atoms with Crippen LogP contribution in [-0.2, 0) is 16.1 Å². The second kappa shape index (κ2) is 10.7. The molecule has 3 aromatic rings. The lowest BCUT2D eigenvalue weighted by molar-refractivity contribution is -0.131. The van der Waals surface area contributed by atoms with E-state index in [9.17, 15) is 9.59 Å². The molecular weight excluding hydrogens is 460 g/mol. The van der Waals surface area contributed by atoms with Gasteiger partial charge in [0, 0.05) is 6.42 Å². The van der Waals surface area contributed by atoms with Crippen molar-refractivity contribution >= 4 is 17.7 Å². The van der Waals surface area contributed by atoms with E-state index in [1.54, 1.807) is 0 Å². The molecule has 1 amide bonds. The van der Waals surface area contributed by atoms with Crippen LogP contribution in [0.5, 0.6) is 0 Å². The summed E-state index contributed by atoms with van der Waals surface area (Å²) >= 11 is 0. The smallest absolute Gasteiger partial charge is 0.338 e. The number of ether oxygens (including phenoxy) is 1. The Hall–Kier alpha value is -3.73. The first-order valence-electron chi connectivity index (χ1n) is 13.3. The Balaban J connectivity index is 1.43. The van der Waals surface area contributed by atoms with Gasteiger partial charge in [0.25, 0.3) is 5.91 Å². The molecule has 1 fully saturated rings. The van der Waals surface area contributed by atoms with Crippen LogP contribution in [0, 0.1) is 0 Å². The van der Waals surface area contributed by atoms with Crippen LogP contribution in [0.3, 0.4) is 0 Å². The minimum atomic E-state index is -0.518. The van der Waals surface area contributed by atoms with Gasteiger partial charge >= 0.3 is 5.97 Å². The van der Waals surface area contributed by atoms with Crippen molar-refractivity contribution in [3.8, 4) is 22.3 Å². The van der Waals surface area contributed by atoms with Crippen LogP contribution >= 0.6 is 0 Å². The van der Waals surface area contributed by atoms with Gasteiger partial charge in [-0.25, -0.2) is 4.79 Å². The Labute approximate surface area is 219 Å². The Morgan fingerprint density at radius 1 is 0.946 bits per heavy atom. The largest absolute Gasteiger partial charge is 0.465 e. The fourth-order valence-corrected chi connectivity index (χ4v) is 5.55. The zero-order chi connectivity index (χ0) is 25.8. The molecule has 37 heavy (non-hydrogen) atoms. The number of hydrogen-bond acceptors (Lipinski definition) is 4. The summed E-state index contributed by atoms with van der Waals surface area (Å²) in [4.78, 5) is 33.0. The Morgan fingerprint density at radius 3 is 2.32 bits per heavy atom. The lowest BCUT2D eigenvalue weighted by Gasteiger charge is -2.23. The molecule has 1 spiro atoms. The van der Waals surface area contributed by atoms with Gasteiger partial charge in [0.2, 0.25) is 0 Å². The Kier molecular flexibility index (Phi) is 7.22. The molecule has 5 nitrogen and oxygen atoms in total. The first-order chi connectivity index (χ1) is 18.0. The summed E-state index contributed by atoms with van der Waals surface area (Å²) in [6.45, 7) is 2.69. The van der Waals surface area contributed by atoms with Gasteiger partial charge in [-0.3, -0.25) is 14.7 Å². The first kappa shape index (κ1) is 24.9. The summed E-state index contributed by atoms with van der Waals surface area (Å²) in [6, 6.07) is 24.1. The van der Waals surface area contributed by atoms with Gasteiger partial charge in [-0.1, -0.05) is 86.8 Å². The normalized spacial score (nSPS) is 16.3. The van der Waals surface area contributed by atoms with Crippen LogP contribution in [-0.4, -0.2) is 35.3 Å². The van der Waals surface area contributed by atoms with E-state index < -0.39 is 5.54 Å². The predicted molar refractivity (Wildman–Crippen MR) is 147 cm³/mol. The molecule has 0 saturated heterocycles. The van der Waals surface area contributed by atoms with Crippen LogP contribution in [0.2, 0.25) is 0 Å². The van der Waals surface area contributed by atoms with Gasteiger partial charge in [0.1, 0.15) is 11.4 Å². The van der Waals surface area contributed by atoms with E-state index in [1.165, 1.54) is 7.11 Å². The maximum Gasteiger partial charge on any atom is 0.338 e. The number of carbonyl (C=O) groups excluding carboxylic acids is 2. The fraction of sp³-hybridized carbons (Fsp3) is 0.344. The Bertz CT molecular complexity index is 1310. The van der Waals surface area contributed by atoms with Crippen LogP contribution in [0.4, 0.5) is 0 Å². The molecule has 1 heterocycles. The highest BCUT2D eigenvalue weighted by molar-refractivity contribution is 6.08. The number of aliphatic imine (C=N–C) groups is 1. The molecule has 0 atom stereocenters. The molecule has 0 bridgehead atoms. The van der Waals surface area contributed by atoms with Gasteiger partial charge in [-0.2, -0.15) is 0 Å². The van der Waals surface area contributed by atoms with Gasteiger partial charge in [0.15, 0.2) is 0 Å². The van der Waals surface area contributed by atoms with E-state index >= 15 is 0 Å². The van der Waals surface area contributed by atoms with Crippen molar-refractivity contribution in [3.63, 3.8) is 0 Å². The molecule has 0 N–H and O–H groups in total. The number of nitrogens with zero attached hydrogens (tertiary/aromatic N) is 2. The zero-order valence-electron chi connectivity index (χ0n) is 21.7. The van der Waals surface area contributed by atoms with Gasteiger partial charge < -0.3 is 4.74 Å². The van der Waals surface area contributed by atoms with Crippen molar-refractivity contribution in [2.24, 2.45) is 4.99 Å². The average molecular weight is 495 g/mol. The van der Waals surface area contributed by atoms with Gasteiger partial charge in [-0.15, -0.1) is 0 Å². The molecule has 2 aliphatic rings. The Morgan fingerprint density at radius 2 is 1.65 bits per heavy atom. The van der Waals surface area contributed by atoms with Crippen LogP contribution in [0.15, 0.2) is 77.8 Å². The highest BCUT2D eigenvalue weighted by Crippen LogP contribution is 2.40. The number of amidine groups is 1. The summed E-state index contributed by atoms with van der Waals surface area (Å²) in [5.74, 6) is 0.755. The molecule has 0 radical (unpaired) electrons. The zero-order valence-corrected chi connectivity index (χ0v) is 21.7. The van der Waals surface area contributed by atoms with Crippen molar-refractivity contribution < 1.29 is 14.3 Å². The monoisotopic (exact) mass is 494 g/mol. The second-order valence-electron chi connectivity index (χ2n) is 10.1. The molecule has 1 saturated carbocycles. The minimum Gasteiger partial charge on any atom is -0.465 e. The number of amides is 1. The fourth-order valence-electron chi connectivity index (χ4n) is 5.55. The van der Waals surface area contributed by atoms with E-state index in [2.05, 4.69) is 31.2 Å². The molecule has 1 aliphatic carbocycles. The van der Waals surface area contributed by atoms with Crippen LogP contribution in [0.1, 0.15) is 67.8 Å². The number of rotatable bonds is 8. The number of hydrogen-bond donors (Lipinski definition) is 0. The third kappa shape index (κ3) is 4.95. The standard InChI is InChI=1S/C32H34N2O3/c1-3-4-12-29-33-32(19-8-9-20-32)31(36)34(29)22-23-13-15-25(16-14-23)28-21-26(24-10-6-5-7-11-24)17-18-27(28)30(35)37-2/h5-7,10-11,13-18,21H,3-4,8-9,12,19-20,22H2,1-2H3. The molecule has 190 valence electrons. The van der Waals surface area contributed by atoms with E-state index in [0.29, 0.717) is 12.1 Å². The highest BCUT2D eigenvalue weighted by atomic mass is 16.5. The van der Waals surface area contributed by atoms with E-state index in [4.69, 9.17) is 9.73 Å². The number of unbranched alkanes of at least 4 members (excludes halogenated alkanes) is 1. The van der Waals surface area contributed by atoms with Gasteiger partial charge in [0.05, 0.1) is 19.2 Å². The molecule has 3 aromatic carbocycles. The van der Waals surface area contributed by atoms with Crippen LogP contribution < -0.4 is 0 Å². The second-order valence-corrected chi connectivity index (χ2v) is 10.1. The quantitative estimate of drug-likeness (QED) is 0.315. The molecule has 5 heteroatoms. The third-order valence-corrected chi connectivity index (χ3v) is 7.62. The lowest BCUT2D eigenvalue weighted by Crippen LogP contribution is -2.40. The SMILES string of the molecule is CCCCC1=NC2(CCCC2)C(=O)N1Cc1ccc(-c2cc(-c3ccccc3)ccc2C(=O)OC)cc1. The number of esters is 1. The first-order valence-corrected chi connectivity index (χ1v) is 13.3. The molecule has 1 aliphatic heterocycles. The summed E-state index contributed by atoms with van der Waals surface area (Å²) in [5.41, 5.74) is 4.94. The lowest BCUT2D eigenvalue weighted by atomic mass is 9.94. The molecule has 5 rings (SSSR count). The van der Waals surface area contributed by atoms with E-state index in [0.717, 1.165) is 78.6 Å². The van der Waals surface area contributed by atoms with Crippen molar-refractivity contribution in [1.29, 1.82) is 0 Å². The maximum atomic E-state index is 13.5. The summed E-state index contributed by atoms with van der Waals surface area (Å²) in [6.07, 6.45) is 6.83. The summed E-state index contributed by atoms with van der Waals surface area (Å²) < 4.78 is 5.06. The molecular formula is C32H34N2O3.